The lowest BCUT2D eigenvalue weighted by Crippen LogP contribution is -2.28. The molecule has 16 heavy (non-hydrogen) atoms. The molecule has 86 valence electrons. The van der Waals surface area contributed by atoms with E-state index in [9.17, 15) is 15.0 Å². The molecule has 1 amide bonds. The van der Waals surface area contributed by atoms with Gasteiger partial charge in [0, 0.05) is 17.9 Å². The van der Waals surface area contributed by atoms with Gasteiger partial charge in [-0.3, -0.25) is 4.79 Å². The predicted molar refractivity (Wildman–Crippen MR) is 63.0 cm³/mol. The molecule has 0 aliphatic carbocycles. The molecular formula is C11H12BrNO3. The van der Waals surface area contributed by atoms with Crippen molar-refractivity contribution in [1.82, 2.24) is 4.90 Å². The number of hydrogen-bond donors (Lipinski definition) is 2. The van der Waals surface area contributed by atoms with E-state index in [2.05, 4.69) is 15.9 Å². The maximum Gasteiger partial charge on any atom is 0.257 e. The SMILES string of the molecule is O=C(c1cccc(O)c1O)N1CCC(Br)C1. The summed E-state index contributed by atoms with van der Waals surface area (Å²) in [4.78, 5) is 14.0. The van der Waals surface area contributed by atoms with E-state index in [1.54, 1.807) is 11.0 Å². The number of carbonyl (C=O) groups is 1. The van der Waals surface area contributed by atoms with Crippen LogP contribution in [-0.2, 0) is 0 Å². The van der Waals surface area contributed by atoms with Gasteiger partial charge in [-0.15, -0.1) is 0 Å². The summed E-state index contributed by atoms with van der Waals surface area (Å²) in [6.45, 7) is 1.30. The first-order chi connectivity index (χ1) is 7.59. The largest absolute Gasteiger partial charge is 0.504 e. The number of hydrogen-bond acceptors (Lipinski definition) is 3. The number of alkyl halides is 1. The molecule has 0 radical (unpaired) electrons. The Hall–Kier alpha value is -1.23. The van der Waals surface area contributed by atoms with Gasteiger partial charge in [-0.2, -0.15) is 0 Å². The summed E-state index contributed by atoms with van der Waals surface area (Å²) in [5.41, 5.74) is 0.154. The minimum absolute atomic E-state index is 0.154. The first kappa shape index (κ1) is 11.3. The summed E-state index contributed by atoms with van der Waals surface area (Å²) in [6.07, 6.45) is 0.908. The Bertz CT molecular complexity index is 422. The Balaban J connectivity index is 2.24. The maximum atomic E-state index is 12.0. The van der Waals surface area contributed by atoms with Crippen molar-refractivity contribution >= 4 is 21.8 Å². The first-order valence-corrected chi connectivity index (χ1v) is 5.95. The Kier molecular flexibility index (Phi) is 3.05. The summed E-state index contributed by atoms with van der Waals surface area (Å²) < 4.78 is 0. The van der Waals surface area contributed by atoms with Gasteiger partial charge < -0.3 is 15.1 Å². The number of rotatable bonds is 1. The van der Waals surface area contributed by atoms with E-state index in [4.69, 9.17) is 0 Å². The molecule has 1 fully saturated rings. The number of nitrogens with zero attached hydrogens (tertiary/aromatic N) is 1. The minimum Gasteiger partial charge on any atom is -0.504 e. The molecule has 5 heteroatoms. The second kappa shape index (κ2) is 4.33. The fourth-order valence-corrected chi connectivity index (χ4v) is 2.33. The molecule has 0 saturated carbocycles. The van der Waals surface area contributed by atoms with Crippen molar-refractivity contribution in [3.8, 4) is 11.5 Å². The summed E-state index contributed by atoms with van der Waals surface area (Å²) in [5, 5.41) is 18.9. The topological polar surface area (TPSA) is 60.8 Å². The van der Waals surface area contributed by atoms with Crippen molar-refractivity contribution in [2.24, 2.45) is 0 Å². The van der Waals surface area contributed by atoms with E-state index >= 15 is 0 Å². The molecule has 0 aromatic heterocycles. The third-order valence-corrected chi connectivity index (χ3v) is 3.41. The van der Waals surface area contributed by atoms with Crippen molar-refractivity contribution < 1.29 is 15.0 Å². The molecule has 2 rings (SSSR count). The van der Waals surface area contributed by atoms with Gasteiger partial charge in [0.15, 0.2) is 11.5 Å². The standard InChI is InChI=1S/C11H12BrNO3/c12-7-4-5-13(6-7)11(16)8-2-1-3-9(14)10(8)15/h1-3,7,14-15H,4-6H2. The van der Waals surface area contributed by atoms with Crippen LogP contribution in [0.4, 0.5) is 0 Å². The van der Waals surface area contributed by atoms with E-state index in [0.717, 1.165) is 6.42 Å². The number of phenolic OH excluding ortho intramolecular Hbond substituents is 2. The van der Waals surface area contributed by atoms with Crippen LogP contribution in [0.25, 0.3) is 0 Å². The highest BCUT2D eigenvalue weighted by Gasteiger charge is 2.27. The number of para-hydroxylation sites is 1. The van der Waals surface area contributed by atoms with E-state index in [1.165, 1.54) is 12.1 Å². The average Bonchev–Trinajstić information content (AvgIpc) is 2.68. The fourth-order valence-electron chi connectivity index (χ4n) is 1.78. The van der Waals surface area contributed by atoms with Crippen LogP contribution in [0.5, 0.6) is 11.5 Å². The molecule has 1 unspecified atom stereocenters. The van der Waals surface area contributed by atoms with Crippen molar-refractivity contribution in [1.29, 1.82) is 0 Å². The van der Waals surface area contributed by atoms with Crippen LogP contribution in [0.15, 0.2) is 18.2 Å². The Morgan fingerprint density at radius 2 is 2.19 bits per heavy atom. The van der Waals surface area contributed by atoms with Crippen LogP contribution in [0, 0.1) is 0 Å². The minimum atomic E-state index is -0.342. The van der Waals surface area contributed by atoms with Crippen LogP contribution in [-0.4, -0.2) is 38.9 Å². The van der Waals surface area contributed by atoms with Gasteiger partial charge in [0.05, 0.1) is 5.56 Å². The number of phenols is 2. The van der Waals surface area contributed by atoms with Gasteiger partial charge >= 0.3 is 0 Å². The zero-order valence-corrected chi connectivity index (χ0v) is 10.1. The molecule has 0 bridgehead atoms. The fraction of sp³-hybridized carbons (Fsp3) is 0.364. The van der Waals surface area contributed by atoms with Crippen molar-refractivity contribution in [2.45, 2.75) is 11.2 Å². The van der Waals surface area contributed by atoms with Crippen LogP contribution < -0.4 is 0 Å². The van der Waals surface area contributed by atoms with Crippen molar-refractivity contribution in [3.05, 3.63) is 23.8 Å². The van der Waals surface area contributed by atoms with E-state index < -0.39 is 0 Å². The number of halogens is 1. The van der Waals surface area contributed by atoms with Crippen LogP contribution in [0.2, 0.25) is 0 Å². The quantitative estimate of drug-likeness (QED) is 0.610. The molecule has 1 saturated heterocycles. The molecule has 1 aliphatic rings. The van der Waals surface area contributed by atoms with Gasteiger partial charge in [-0.1, -0.05) is 22.0 Å². The van der Waals surface area contributed by atoms with Crippen molar-refractivity contribution in [2.75, 3.05) is 13.1 Å². The Labute approximate surface area is 102 Å². The van der Waals surface area contributed by atoms with E-state index in [-0.39, 0.29) is 23.0 Å². The third kappa shape index (κ3) is 2.00. The molecule has 1 heterocycles. The monoisotopic (exact) mass is 285 g/mol. The van der Waals surface area contributed by atoms with Gasteiger partial charge in [-0.25, -0.2) is 0 Å². The highest BCUT2D eigenvalue weighted by atomic mass is 79.9. The molecule has 1 aliphatic heterocycles. The van der Waals surface area contributed by atoms with Gasteiger partial charge in [0.2, 0.25) is 0 Å². The van der Waals surface area contributed by atoms with Crippen molar-refractivity contribution in [3.63, 3.8) is 0 Å². The van der Waals surface area contributed by atoms with Crippen LogP contribution in [0.1, 0.15) is 16.8 Å². The number of aromatic hydroxyl groups is 2. The lowest BCUT2D eigenvalue weighted by Gasteiger charge is -2.16. The molecule has 1 aromatic rings. The number of likely N-dealkylation sites (tertiary alicyclic amines) is 1. The molecule has 0 spiro atoms. The van der Waals surface area contributed by atoms with Crippen LogP contribution >= 0.6 is 15.9 Å². The summed E-state index contributed by atoms with van der Waals surface area (Å²) in [7, 11) is 0. The summed E-state index contributed by atoms with van der Waals surface area (Å²) in [6, 6.07) is 4.41. The van der Waals surface area contributed by atoms with E-state index in [1.807, 2.05) is 0 Å². The average molecular weight is 286 g/mol. The maximum absolute atomic E-state index is 12.0. The predicted octanol–water partition coefficient (Wildman–Crippen LogP) is 1.71. The number of carbonyl (C=O) groups excluding carboxylic acids is 1. The molecule has 2 N–H and O–H groups in total. The summed E-state index contributed by atoms with van der Waals surface area (Å²) >= 11 is 3.45. The van der Waals surface area contributed by atoms with Gasteiger partial charge in [0.25, 0.3) is 5.91 Å². The number of benzene rings is 1. The Morgan fingerprint density at radius 1 is 1.44 bits per heavy atom. The molecule has 1 atom stereocenters. The molecule has 4 nitrogen and oxygen atoms in total. The third-order valence-electron chi connectivity index (χ3n) is 2.66. The first-order valence-electron chi connectivity index (χ1n) is 5.04. The zero-order chi connectivity index (χ0) is 11.7. The zero-order valence-electron chi connectivity index (χ0n) is 8.56. The molecular weight excluding hydrogens is 274 g/mol. The Morgan fingerprint density at radius 3 is 2.81 bits per heavy atom. The highest BCUT2D eigenvalue weighted by Crippen LogP contribution is 2.30. The highest BCUT2D eigenvalue weighted by molar-refractivity contribution is 9.09. The smallest absolute Gasteiger partial charge is 0.257 e. The second-order valence-electron chi connectivity index (χ2n) is 3.81. The number of amides is 1. The summed E-state index contributed by atoms with van der Waals surface area (Å²) in [5.74, 6) is -0.846. The second-order valence-corrected chi connectivity index (χ2v) is 5.11. The normalized spacial score (nSPS) is 20.1. The lowest BCUT2D eigenvalue weighted by atomic mass is 10.1. The van der Waals surface area contributed by atoms with Crippen LogP contribution in [0.3, 0.4) is 0 Å². The van der Waals surface area contributed by atoms with Gasteiger partial charge in [-0.05, 0) is 18.6 Å². The lowest BCUT2D eigenvalue weighted by molar-refractivity contribution is 0.0789. The van der Waals surface area contributed by atoms with E-state index in [0.29, 0.717) is 17.9 Å². The van der Waals surface area contributed by atoms with Gasteiger partial charge in [0.1, 0.15) is 0 Å². The molecule has 1 aromatic carbocycles.